The van der Waals surface area contributed by atoms with Gasteiger partial charge in [0.25, 0.3) is 0 Å². The zero-order chi connectivity index (χ0) is 12.5. The highest BCUT2D eigenvalue weighted by Gasteiger charge is 2.16. The van der Waals surface area contributed by atoms with Crippen molar-refractivity contribution in [2.24, 2.45) is 7.05 Å². The molecule has 0 aliphatic rings. The number of hydrogen-bond acceptors (Lipinski definition) is 3. The lowest BCUT2D eigenvalue weighted by Crippen LogP contribution is -2.09. The molecule has 0 bridgehead atoms. The number of carbonyl (C=O) groups is 1. The van der Waals surface area contributed by atoms with Gasteiger partial charge in [-0.1, -0.05) is 12.1 Å². The first-order valence-corrected chi connectivity index (χ1v) is 5.63. The van der Waals surface area contributed by atoms with Gasteiger partial charge >= 0.3 is 0 Å². The van der Waals surface area contributed by atoms with Crippen LogP contribution >= 0.6 is 0 Å². The number of aromatic nitrogens is 3. The number of hydrogen-bond donors (Lipinski definition) is 0. The molecule has 88 valence electrons. The second-order valence-corrected chi connectivity index (χ2v) is 4.05. The molecule has 1 aromatic carbocycles. The summed E-state index contributed by atoms with van der Waals surface area (Å²) < 4.78 is 1.81. The van der Waals surface area contributed by atoms with Crippen molar-refractivity contribution in [2.75, 3.05) is 0 Å². The topological polar surface area (TPSA) is 47.8 Å². The molecule has 4 nitrogen and oxygen atoms in total. The molecule has 0 unspecified atom stereocenters. The summed E-state index contributed by atoms with van der Waals surface area (Å²) in [5.41, 5.74) is 2.33. The molecule has 0 saturated heterocycles. The maximum atomic E-state index is 12.3. The van der Waals surface area contributed by atoms with Gasteiger partial charge in [-0.15, -0.1) is 0 Å². The normalized spacial score (nSPS) is 10.7. The van der Waals surface area contributed by atoms with Gasteiger partial charge in [-0.25, -0.2) is 4.98 Å². The van der Waals surface area contributed by atoms with Crippen LogP contribution in [0.3, 0.4) is 0 Å². The average molecular weight is 237 g/mol. The Morgan fingerprint density at radius 1 is 1.17 bits per heavy atom. The summed E-state index contributed by atoms with van der Waals surface area (Å²) in [5.74, 6) is 0.325. The Hall–Kier alpha value is -2.49. The highest BCUT2D eigenvalue weighted by molar-refractivity contribution is 6.08. The predicted octanol–water partition coefficient (Wildman–Crippen LogP) is 2.20. The minimum absolute atomic E-state index is 0.109. The van der Waals surface area contributed by atoms with E-state index in [1.54, 1.807) is 24.5 Å². The van der Waals surface area contributed by atoms with Gasteiger partial charge in [0.2, 0.25) is 5.78 Å². The maximum absolute atomic E-state index is 12.3. The number of imidazole rings is 1. The molecule has 3 rings (SSSR count). The van der Waals surface area contributed by atoms with E-state index in [2.05, 4.69) is 9.97 Å². The Labute approximate surface area is 104 Å². The molecular formula is C14H11N3O. The molecule has 0 amide bonds. The number of ketones is 1. The molecule has 0 N–H and O–H groups in total. The first-order chi connectivity index (χ1) is 8.77. The molecule has 0 saturated carbocycles. The minimum atomic E-state index is -0.109. The molecule has 0 radical (unpaired) electrons. The first kappa shape index (κ1) is 10.7. The largest absolute Gasteiger partial charge is 0.324 e. The van der Waals surface area contributed by atoms with E-state index in [0.717, 1.165) is 11.0 Å². The predicted molar refractivity (Wildman–Crippen MR) is 68.4 cm³/mol. The number of aryl methyl sites for hydroxylation is 1. The molecule has 3 aromatic rings. The van der Waals surface area contributed by atoms with E-state index in [0.29, 0.717) is 11.4 Å². The number of pyridine rings is 1. The number of fused-ring (bicyclic) bond motifs is 1. The van der Waals surface area contributed by atoms with Crippen LogP contribution in [-0.4, -0.2) is 20.3 Å². The van der Waals surface area contributed by atoms with Crippen LogP contribution in [0, 0.1) is 0 Å². The molecule has 0 aliphatic carbocycles. The summed E-state index contributed by atoms with van der Waals surface area (Å²) >= 11 is 0. The lowest BCUT2D eigenvalue weighted by atomic mass is 10.2. The Morgan fingerprint density at radius 2 is 2.00 bits per heavy atom. The smallest absolute Gasteiger partial charge is 0.230 e. The highest BCUT2D eigenvalue weighted by Crippen LogP contribution is 2.16. The molecule has 0 atom stereocenters. The summed E-state index contributed by atoms with van der Waals surface area (Å²) in [7, 11) is 1.85. The highest BCUT2D eigenvalue weighted by atomic mass is 16.1. The van der Waals surface area contributed by atoms with Gasteiger partial charge in [0.05, 0.1) is 11.0 Å². The zero-order valence-electron chi connectivity index (χ0n) is 9.87. The third-order valence-corrected chi connectivity index (χ3v) is 2.91. The first-order valence-electron chi connectivity index (χ1n) is 5.63. The number of carbonyl (C=O) groups excluding carboxylic acids is 1. The van der Waals surface area contributed by atoms with Crippen LogP contribution in [0.25, 0.3) is 11.0 Å². The van der Waals surface area contributed by atoms with Crippen LogP contribution in [0.4, 0.5) is 0 Å². The number of para-hydroxylation sites is 2. The van der Waals surface area contributed by atoms with Gasteiger partial charge in [-0.3, -0.25) is 9.78 Å². The quantitative estimate of drug-likeness (QED) is 0.642. The van der Waals surface area contributed by atoms with E-state index in [1.165, 1.54) is 0 Å². The van der Waals surface area contributed by atoms with Gasteiger partial charge in [0, 0.05) is 25.0 Å². The van der Waals surface area contributed by atoms with Gasteiger partial charge in [-0.05, 0) is 24.3 Å². The molecule has 0 spiro atoms. The van der Waals surface area contributed by atoms with Gasteiger partial charge < -0.3 is 4.57 Å². The fourth-order valence-corrected chi connectivity index (χ4v) is 1.97. The van der Waals surface area contributed by atoms with E-state index in [4.69, 9.17) is 0 Å². The molecule has 2 heterocycles. The van der Waals surface area contributed by atoms with Gasteiger partial charge in [-0.2, -0.15) is 0 Å². The molecular weight excluding hydrogens is 226 g/mol. The molecule has 0 fully saturated rings. The molecule has 4 heteroatoms. The second-order valence-electron chi connectivity index (χ2n) is 4.05. The average Bonchev–Trinajstić information content (AvgIpc) is 2.77. The van der Waals surface area contributed by atoms with Crippen LogP contribution < -0.4 is 0 Å². The SMILES string of the molecule is Cn1c(C(=O)c2cccnc2)nc2ccccc21. The Bertz CT molecular complexity index is 716. The third-order valence-electron chi connectivity index (χ3n) is 2.91. The van der Waals surface area contributed by atoms with Crippen molar-refractivity contribution < 1.29 is 4.79 Å². The van der Waals surface area contributed by atoms with E-state index in [9.17, 15) is 4.79 Å². The van der Waals surface area contributed by atoms with Crippen molar-refractivity contribution in [3.8, 4) is 0 Å². The summed E-state index contributed by atoms with van der Waals surface area (Å²) in [6.45, 7) is 0. The van der Waals surface area contributed by atoms with Gasteiger partial charge in [0.15, 0.2) is 5.82 Å². The molecule has 0 aliphatic heterocycles. The van der Waals surface area contributed by atoms with Crippen molar-refractivity contribution in [3.05, 3.63) is 60.2 Å². The molecule has 2 aromatic heterocycles. The van der Waals surface area contributed by atoms with E-state index in [-0.39, 0.29) is 5.78 Å². The number of nitrogens with zero attached hydrogens (tertiary/aromatic N) is 3. The Morgan fingerprint density at radius 3 is 2.72 bits per heavy atom. The standard InChI is InChI=1S/C14H11N3O/c1-17-12-7-3-2-6-11(12)16-14(17)13(18)10-5-4-8-15-9-10/h2-9H,1H3. The second kappa shape index (κ2) is 4.07. The van der Waals surface area contributed by atoms with Crippen molar-refractivity contribution in [1.82, 2.24) is 14.5 Å². The van der Waals surface area contributed by atoms with Crippen LogP contribution in [0.2, 0.25) is 0 Å². The van der Waals surface area contributed by atoms with Crippen molar-refractivity contribution in [3.63, 3.8) is 0 Å². The van der Waals surface area contributed by atoms with E-state index >= 15 is 0 Å². The summed E-state index contributed by atoms with van der Waals surface area (Å²) in [6, 6.07) is 11.2. The summed E-state index contributed by atoms with van der Waals surface area (Å²) in [5, 5.41) is 0. The van der Waals surface area contributed by atoms with E-state index < -0.39 is 0 Å². The third kappa shape index (κ3) is 1.59. The lowest BCUT2D eigenvalue weighted by Gasteiger charge is -2.00. The number of rotatable bonds is 2. The van der Waals surface area contributed by atoms with Crippen molar-refractivity contribution >= 4 is 16.8 Å². The Balaban J connectivity index is 2.15. The fourth-order valence-electron chi connectivity index (χ4n) is 1.97. The van der Waals surface area contributed by atoms with Crippen molar-refractivity contribution in [1.29, 1.82) is 0 Å². The summed E-state index contributed by atoms with van der Waals surface area (Å²) in [6.07, 6.45) is 3.20. The van der Waals surface area contributed by atoms with Crippen LogP contribution in [0.5, 0.6) is 0 Å². The minimum Gasteiger partial charge on any atom is -0.324 e. The van der Waals surface area contributed by atoms with Crippen LogP contribution in [-0.2, 0) is 7.05 Å². The Kier molecular flexibility index (Phi) is 2.41. The van der Waals surface area contributed by atoms with Crippen LogP contribution in [0.1, 0.15) is 16.2 Å². The number of benzene rings is 1. The monoisotopic (exact) mass is 237 g/mol. The van der Waals surface area contributed by atoms with Crippen LogP contribution in [0.15, 0.2) is 48.8 Å². The fraction of sp³-hybridized carbons (Fsp3) is 0.0714. The van der Waals surface area contributed by atoms with E-state index in [1.807, 2.05) is 35.9 Å². The maximum Gasteiger partial charge on any atom is 0.230 e. The lowest BCUT2D eigenvalue weighted by molar-refractivity contribution is 0.102. The van der Waals surface area contributed by atoms with Crippen molar-refractivity contribution in [2.45, 2.75) is 0 Å². The molecule has 18 heavy (non-hydrogen) atoms. The van der Waals surface area contributed by atoms with Gasteiger partial charge in [0.1, 0.15) is 0 Å². The zero-order valence-corrected chi connectivity index (χ0v) is 9.87. The summed E-state index contributed by atoms with van der Waals surface area (Å²) in [4.78, 5) is 20.6.